The Morgan fingerprint density at radius 2 is 2.00 bits per heavy atom. The first kappa shape index (κ1) is 10.5. The number of rotatable bonds is 3. The Hall–Kier alpha value is -1.97. The molecule has 1 heterocycles. The zero-order valence-electron chi connectivity index (χ0n) is 9.40. The van der Waals surface area contributed by atoms with Gasteiger partial charge in [-0.15, -0.1) is 0 Å². The van der Waals surface area contributed by atoms with E-state index in [0.29, 0.717) is 5.89 Å². The van der Waals surface area contributed by atoms with Gasteiger partial charge in [0.25, 0.3) is 0 Å². The van der Waals surface area contributed by atoms with Gasteiger partial charge in [0, 0.05) is 11.4 Å². The summed E-state index contributed by atoms with van der Waals surface area (Å²) in [5.74, 6) is 1.51. The minimum Gasteiger partial charge on any atom is -0.444 e. The number of oxazole rings is 1. The molecular formula is C12H15N3O. The van der Waals surface area contributed by atoms with E-state index >= 15 is 0 Å². The van der Waals surface area contributed by atoms with Gasteiger partial charge in [0.1, 0.15) is 11.8 Å². The number of hydrogen-bond acceptors (Lipinski definition) is 4. The monoisotopic (exact) mass is 217 g/mol. The Morgan fingerprint density at radius 1 is 1.31 bits per heavy atom. The van der Waals surface area contributed by atoms with Gasteiger partial charge in [0.15, 0.2) is 0 Å². The van der Waals surface area contributed by atoms with Gasteiger partial charge in [-0.25, -0.2) is 4.98 Å². The SMILES string of the molecule is Cc1cnc(C(C)Nc2ccc(N)cc2)o1. The first-order chi connectivity index (χ1) is 7.65. The highest BCUT2D eigenvalue weighted by atomic mass is 16.4. The lowest BCUT2D eigenvalue weighted by molar-refractivity contribution is 0.454. The summed E-state index contributed by atoms with van der Waals surface area (Å²) in [6.07, 6.45) is 1.72. The topological polar surface area (TPSA) is 64.1 Å². The molecule has 84 valence electrons. The van der Waals surface area contributed by atoms with Gasteiger partial charge in [-0.05, 0) is 38.1 Å². The molecule has 1 atom stereocenters. The molecule has 0 saturated carbocycles. The summed E-state index contributed by atoms with van der Waals surface area (Å²) in [7, 11) is 0. The predicted molar refractivity (Wildman–Crippen MR) is 64.1 cm³/mol. The van der Waals surface area contributed by atoms with Gasteiger partial charge >= 0.3 is 0 Å². The number of nitrogens with one attached hydrogen (secondary N) is 1. The van der Waals surface area contributed by atoms with E-state index in [2.05, 4.69) is 10.3 Å². The minimum absolute atomic E-state index is 0.0392. The standard InChI is InChI=1S/C12H15N3O/c1-8-7-14-12(16-8)9(2)15-11-5-3-10(13)4-6-11/h3-7,9,15H,13H2,1-2H3. The van der Waals surface area contributed by atoms with Crippen LogP contribution in [0.25, 0.3) is 0 Å². The van der Waals surface area contributed by atoms with E-state index in [1.165, 1.54) is 0 Å². The Bertz CT molecular complexity index is 461. The van der Waals surface area contributed by atoms with Crippen molar-refractivity contribution in [1.82, 2.24) is 4.98 Å². The van der Waals surface area contributed by atoms with E-state index in [9.17, 15) is 0 Å². The number of aryl methyl sites for hydroxylation is 1. The number of aromatic nitrogens is 1. The summed E-state index contributed by atoms with van der Waals surface area (Å²) < 4.78 is 5.44. The van der Waals surface area contributed by atoms with Crippen LogP contribution in [0.5, 0.6) is 0 Å². The molecule has 1 aromatic carbocycles. The van der Waals surface area contributed by atoms with Crippen LogP contribution in [-0.4, -0.2) is 4.98 Å². The molecule has 2 aromatic rings. The van der Waals surface area contributed by atoms with E-state index in [0.717, 1.165) is 17.1 Å². The minimum atomic E-state index is 0.0392. The smallest absolute Gasteiger partial charge is 0.216 e. The second-order valence-electron chi connectivity index (χ2n) is 3.80. The molecule has 16 heavy (non-hydrogen) atoms. The molecule has 4 heteroatoms. The molecule has 0 amide bonds. The van der Waals surface area contributed by atoms with Crippen LogP contribution in [0.1, 0.15) is 24.6 Å². The lowest BCUT2D eigenvalue weighted by atomic mass is 10.2. The van der Waals surface area contributed by atoms with Crippen molar-refractivity contribution in [3.63, 3.8) is 0 Å². The molecule has 4 nitrogen and oxygen atoms in total. The van der Waals surface area contributed by atoms with Crippen molar-refractivity contribution in [3.05, 3.63) is 42.1 Å². The van der Waals surface area contributed by atoms with Crippen LogP contribution in [-0.2, 0) is 0 Å². The van der Waals surface area contributed by atoms with Crippen LogP contribution >= 0.6 is 0 Å². The van der Waals surface area contributed by atoms with Crippen molar-refractivity contribution < 1.29 is 4.42 Å². The molecule has 1 unspecified atom stereocenters. The largest absolute Gasteiger partial charge is 0.444 e. The first-order valence-corrected chi connectivity index (χ1v) is 5.19. The maximum atomic E-state index is 5.61. The fourth-order valence-electron chi connectivity index (χ4n) is 1.46. The normalized spacial score (nSPS) is 12.4. The highest BCUT2D eigenvalue weighted by molar-refractivity contribution is 5.51. The lowest BCUT2D eigenvalue weighted by Gasteiger charge is -2.11. The molecule has 1 aromatic heterocycles. The van der Waals surface area contributed by atoms with Crippen LogP contribution in [0.4, 0.5) is 11.4 Å². The quantitative estimate of drug-likeness (QED) is 0.776. The molecule has 0 aliphatic rings. The van der Waals surface area contributed by atoms with Crippen LogP contribution in [0, 0.1) is 6.92 Å². The van der Waals surface area contributed by atoms with Crippen molar-refractivity contribution in [2.24, 2.45) is 0 Å². The Morgan fingerprint density at radius 3 is 2.56 bits per heavy atom. The number of nitrogen functional groups attached to an aromatic ring is 1. The number of benzene rings is 1. The predicted octanol–water partition coefficient (Wildman–Crippen LogP) is 2.74. The Labute approximate surface area is 94.5 Å². The van der Waals surface area contributed by atoms with E-state index in [4.69, 9.17) is 10.2 Å². The molecular weight excluding hydrogens is 202 g/mol. The molecule has 0 aliphatic heterocycles. The Kier molecular flexibility index (Phi) is 2.81. The zero-order chi connectivity index (χ0) is 11.5. The summed E-state index contributed by atoms with van der Waals surface area (Å²) in [6.45, 7) is 3.88. The third kappa shape index (κ3) is 2.34. The zero-order valence-corrected chi connectivity index (χ0v) is 9.40. The van der Waals surface area contributed by atoms with Crippen LogP contribution in [0.3, 0.4) is 0 Å². The number of nitrogens with zero attached hydrogens (tertiary/aromatic N) is 1. The summed E-state index contributed by atoms with van der Waals surface area (Å²) in [6, 6.07) is 7.62. The van der Waals surface area contributed by atoms with Gasteiger partial charge in [-0.1, -0.05) is 0 Å². The fraction of sp³-hybridized carbons (Fsp3) is 0.250. The average Bonchev–Trinajstić information content (AvgIpc) is 2.68. The van der Waals surface area contributed by atoms with Crippen molar-refractivity contribution >= 4 is 11.4 Å². The molecule has 0 fully saturated rings. The third-order valence-corrected chi connectivity index (χ3v) is 2.30. The molecule has 0 radical (unpaired) electrons. The molecule has 2 rings (SSSR count). The van der Waals surface area contributed by atoms with Crippen molar-refractivity contribution in [2.75, 3.05) is 11.1 Å². The highest BCUT2D eigenvalue weighted by Gasteiger charge is 2.10. The summed E-state index contributed by atoms with van der Waals surface area (Å²) in [5, 5.41) is 3.29. The molecule has 3 N–H and O–H groups in total. The number of nitrogens with two attached hydrogens (primary N) is 1. The Balaban J connectivity index is 2.07. The second kappa shape index (κ2) is 4.26. The maximum Gasteiger partial charge on any atom is 0.216 e. The van der Waals surface area contributed by atoms with Crippen molar-refractivity contribution in [3.8, 4) is 0 Å². The summed E-state index contributed by atoms with van der Waals surface area (Å²) in [5.41, 5.74) is 7.37. The van der Waals surface area contributed by atoms with E-state index in [1.54, 1.807) is 6.20 Å². The van der Waals surface area contributed by atoms with E-state index < -0.39 is 0 Å². The highest BCUT2D eigenvalue weighted by Crippen LogP contribution is 2.19. The van der Waals surface area contributed by atoms with Crippen molar-refractivity contribution in [1.29, 1.82) is 0 Å². The van der Waals surface area contributed by atoms with Crippen LogP contribution in [0.15, 0.2) is 34.9 Å². The van der Waals surface area contributed by atoms with Gasteiger partial charge in [-0.3, -0.25) is 0 Å². The maximum absolute atomic E-state index is 5.61. The van der Waals surface area contributed by atoms with Crippen LogP contribution < -0.4 is 11.1 Å². The van der Waals surface area contributed by atoms with E-state index in [-0.39, 0.29) is 6.04 Å². The van der Waals surface area contributed by atoms with Gasteiger partial charge in [-0.2, -0.15) is 0 Å². The first-order valence-electron chi connectivity index (χ1n) is 5.19. The average molecular weight is 217 g/mol. The third-order valence-electron chi connectivity index (χ3n) is 2.30. The second-order valence-corrected chi connectivity index (χ2v) is 3.80. The molecule has 0 saturated heterocycles. The fourth-order valence-corrected chi connectivity index (χ4v) is 1.46. The molecule has 0 bridgehead atoms. The van der Waals surface area contributed by atoms with Crippen LogP contribution in [0.2, 0.25) is 0 Å². The van der Waals surface area contributed by atoms with Gasteiger partial charge < -0.3 is 15.5 Å². The summed E-state index contributed by atoms with van der Waals surface area (Å²) >= 11 is 0. The van der Waals surface area contributed by atoms with Gasteiger partial charge in [0.05, 0.1) is 6.20 Å². The summed E-state index contributed by atoms with van der Waals surface area (Å²) in [4.78, 5) is 4.18. The van der Waals surface area contributed by atoms with Gasteiger partial charge in [0.2, 0.25) is 5.89 Å². The van der Waals surface area contributed by atoms with E-state index in [1.807, 2.05) is 38.1 Å². The lowest BCUT2D eigenvalue weighted by Crippen LogP contribution is -2.06. The molecule has 0 aliphatic carbocycles. The van der Waals surface area contributed by atoms with Crippen molar-refractivity contribution in [2.45, 2.75) is 19.9 Å². The number of hydrogen-bond donors (Lipinski definition) is 2. The molecule has 0 spiro atoms. The number of anilines is 2.